The number of nitrogens with zero attached hydrogens (tertiary/aromatic N) is 2. The van der Waals surface area contributed by atoms with E-state index in [1.54, 1.807) is 4.90 Å². The lowest BCUT2D eigenvalue weighted by Gasteiger charge is -2.35. The third kappa shape index (κ3) is 6.60. The third-order valence-electron chi connectivity index (χ3n) is 6.71. The Morgan fingerprint density at radius 1 is 1.03 bits per heavy atom. The lowest BCUT2D eigenvalue weighted by Crippen LogP contribution is -2.44. The fraction of sp³-hybridized carbons (Fsp3) is 0.500. The van der Waals surface area contributed by atoms with E-state index >= 15 is 0 Å². The zero-order chi connectivity index (χ0) is 24.9. The van der Waals surface area contributed by atoms with Crippen molar-refractivity contribution in [2.45, 2.75) is 78.0 Å². The number of hydrogen-bond donors (Lipinski definition) is 1. The van der Waals surface area contributed by atoms with Crippen LogP contribution in [0.25, 0.3) is 0 Å². The zero-order valence-electron chi connectivity index (χ0n) is 21.1. The normalized spacial score (nSPS) is 14.8. The molecule has 2 aromatic carbocycles. The number of hydrogen-bond acceptors (Lipinski definition) is 4. The van der Waals surface area contributed by atoms with Gasteiger partial charge in [-0.15, -0.1) is 0 Å². The van der Waals surface area contributed by atoms with Gasteiger partial charge in [-0.25, -0.2) is 4.79 Å². The van der Waals surface area contributed by atoms with Crippen LogP contribution >= 0.6 is 0 Å². The molecule has 1 amide bonds. The number of carboxylic acid groups (broad SMARTS) is 1. The molecule has 3 rings (SSSR count). The van der Waals surface area contributed by atoms with E-state index in [9.17, 15) is 14.7 Å². The second kappa shape index (κ2) is 11.0. The summed E-state index contributed by atoms with van der Waals surface area (Å²) < 4.78 is 5.63. The number of aryl methyl sites for hydroxylation is 2. The maximum Gasteiger partial charge on any atom is 0.347 e. The van der Waals surface area contributed by atoms with Crippen LogP contribution in [0.5, 0.6) is 5.75 Å². The van der Waals surface area contributed by atoms with Gasteiger partial charge in [0.25, 0.3) is 0 Å². The molecule has 34 heavy (non-hydrogen) atoms. The molecule has 1 saturated carbocycles. The molecule has 1 N–H and O–H groups in total. The molecule has 0 heterocycles. The molecule has 0 unspecified atom stereocenters. The van der Waals surface area contributed by atoms with Crippen LogP contribution in [0.4, 0.5) is 5.69 Å². The molecule has 2 aromatic rings. The molecule has 0 aliphatic heterocycles. The Hall–Kier alpha value is -2.86. The quantitative estimate of drug-likeness (QED) is 0.540. The molecule has 1 aliphatic carbocycles. The van der Waals surface area contributed by atoms with Crippen molar-refractivity contribution < 1.29 is 19.4 Å². The van der Waals surface area contributed by atoms with Gasteiger partial charge in [0.05, 0.1) is 6.54 Å². The van der Waals surface area contributed by atoms with Crippen molar-refractivity contribution in [2.24, 2.45) is 0 Å². The van der Waals surface area contributed by atoms with E-state index in [0.29, 0.717) is 24.9 Å². The number of benzene rings is 2. The number of ether oxygens (including phenoxy) is 1. The standard InChI is InChI=1S/C28H38N2O4/c1-20-11-16-25(21(2)17-20)29(5)26(31)19-30(23-9-7-6-8-10-23)18-22-12-14-24(15-13-22)34-28(3,4)27(32)33/h11-17,23H,6-10,18-19H2,1-5H3,(H,32,33). The Balaban J connectivity index is 1.73. The number of rotatable bonds is 9. The smallest absolute Gasteiger partial charge is 0.347 e. The number of carbonyl (C=O) groups excluding carboxylic acids is 1. The molecule has 6 nitrogen and oxygen atoms in total. The maximum absolute atomic E-state index is 13.3. The minimum atomic E-state index is -1.29. The summed E-state index contributed by atoms with van der Waals surface area (Å²) >= 11 is 0. The highest BCUT2D eigenvalue weighted by Gasteiger charge is 2.29. The average molecular weight is 467 g/mol. The van der Waals surface area contributed by atoms with Crippen molar-refractivity contribution in [3.05, 3.63) is 59.2 Å². The maximum atomic E-state index is 13.3. The summed E-state index contributed by atoms with van der Waals surface area (Å²) in [4.78, 5) is 28.7. The van der Waals surface area contributed by atoms with Crippen LogP contribution in [0, 0.1) is 13.8 Å². The number of likely N-dealkylation sites (N-methyl/N-ethyl adjacent to an activating group) is 1. The van der Waals surface area contributed by atoms with Gasteiger partial charge < -0.3 is 14.7 Å². The van der Waals surface area contributed by atoms with Crippen LogP contribution in [0.3, 0.4) is 0 Å². The largest absolute Gasteiger partial charge is 0.478 e. The van der Waals surface area contributed by atoms with Gasteiger partial charge in [-0.1, -0.05) is 49.1 Å². The lowest BCUT2D eigenvalue weighted by molar-refractivity contribution is -0.152. The Kier molecular flexibility index (Phi) is 8.37. The number of amides is 1. The Bertz CT molecular complexity index is 994. The first-order valence-corrected chi connectivity index (χ1v) is 12.2. The van der Waals surface area contributed by atoms with E-state index in [-0.39, 0.29) is 5.91 Å². The summed E-state index contributed by atoms with van der Waals surface area (Å²) in [6, 6.07) is 14.1. The summed E-state index contributed by atoms with van der Waals surface area (Å²) in [5, 5.41) is 9.29. The number of carbonyl (C=O) groups is 2. The van der Waals surface area contributed by atoms with Crippen molar-refractivity contribution in [1.82, 2.24) is 4.90 Å². The summed E-state index contributed by atoms with van der Waals surface area (Å²) in [7, 11) is 1.86. The van der Waals surface area contributed by atoms with E-state index in [1.807, 2.05) is 50.4 Å². The fourth-order valence-corrected chi connectivity index (χ4v) is 4.59. The van der Waals surface area contributed by atoms with E-state index in [1.165, 1.54) is 38.7 Å². The molecule has 1 fully saturated rings. The fourth-order valence-electron chi connectivity index (χ4n) is 4.59. The van der Waals surface area contributed by atoms with Gasteiger partial charge in [0.15, 0.2) is 5.60 Å². The molecule has 184 valence electrons. The minimum absolute atomic E-state index is 0.0840. The molecule has 6 heteroatoms. The van der Waals surface area contributed by atoms with E-state index in [4.69, 9.17) is 4.74 Å². The van der Waals surface area contributed by atoms with Gasteiger partial charge in [-0.3, -0.25) is 9.69 Å². The van der Waals surface area contributed by atoms with Gasteiger partial charge >= 0.3 is 5.97 Å². The third-order valence-corrected chi connectivity index (χ3v) is 6.71. The van der Waals surface area contributed by atoms with Gasteiger partial charge in [0.2, 0.25) is 5.91 Å². The van der Waals surface area contributed by atoms with Crippen molar-refractivity contribution in [3.63, 3.8) is 0 Å². The highest BCUT2D eigenvalue weighted by atomic mass is 16.5. The van der Waals surface area contributed by atoms with Crippen LogP contribution in [-0.2, 0) is 16.1 Å². The molecule has 0 aromatic heterocycles. The highest BCUT2D eigenvalue weighted by Crippen LogP contribution is 2.26. The van der Waals surface area contributed by atoms with Crippen molar-refractivity contribution in [3.8, 4) is 5.75 Å². The van der Waals surface area contributed by atoms with Crippen LogP contribution in [-0.4, -0.2) is 47.1 Å². The molecule has 0 atom stereocenters. The van der Waals surface area contributed by atoms with Gasteiger partial charge in [-0.2, -0.15) is 0 Å². The first-order chi connectivity index (χ1) is 16.1. The van der Waals surface area contributed by atoms with Gasteiger partial charge in [0, 0.05) is 25.3 Å². The van der Waals surface area contributed by atoms with Crippen LogP contribution in [0.2, 0.25) is 0 Å². The van der Waals surface area contributed by atoms with Crippen LogP contribution in [0.1, 0.15) is 62.6 Å². The molecule has 1 aliphatic rings. The molecule has 0 spiro atoms. The van der Waals surface area contributed by atoms with E-state index < -0.39 is 11.6 Å². The van der Waals surface area contributed by atoms with Crippen LogP contribution in [0.15, 0.2) is 42.5 Å². The first-order valence-electron chi connectivity index (χ1n) is 12.2. The zero-order valence-corrected chi connectivity index (χ0v) is 21.1. The number of aliphatic carboxylic acids is 1. The van der Waals surface area contributed by atoms with E-state index in [2.05, 4.69) is 17.9 Å². The SMILES string of the molecule is Cc1ccc(N(C)C(=O)CN(Cc2ccc(OC(C)(C)C(=O)O)cc2)C2CCCCC2)c(C)c1. The predicted octanol–water partition coefficient (Wildman–Crippen LogP) is 5.34. The summed E-state index contributed by atoms with van der Waals surface area (Å²) in [5.74, 6) is -0.404. The minimum Gasteiger partial charge on any atom is -0.478 e. The average Bonchev–Trinajstić information content (AvgIpc) is 2.79. The van der Waals surface area contributed by atoms with Crippen molar-refractivity contribution in [2.75, 3.05) is 18.5 Å². The van der Waals surface area contributed by atoms with E-state index in [0.717, 1.165) is 29.7 Å². The number of anilines is 1. The second-order valence-corrected chi connectivity index (χ2v) is 10.0. The van der Waals surface area contributed by atoms with Gasteiger partial charge in [-0.05, 0) is 69.9 Å². The predicted molar refractivity (Wildman–Crippen MR) is 135 cm³/mol. The monoisotopic (exact) mass is 466 g/mol. The molecular formula is C28H38N2O4. The summed E-state index contributed by atoms with van der Waals surface area (Å²) in [6.07, 6.45) is 5.86. The number of carboxylic acids is 1. The van der Waals surface area contributed by atoms with Crippen molar-refractivity contribution >= 4 is 17.6 Å². The highest BCUT2D eigenvalue weighted by molar-refractivity contribution is 5.95. The summed E-state index contributed by atoms with van der Waals surface area (Å²) in [5.41, 5.74) is 3.01. The topological polar surface area (TPSA) is 70.1 Å². The molecule has 0 bridgehead atoms. The van der Waals surface area contributed by atoms with Gasteiger partial charge in [0.1, 0.15) is 5.75 Å². The molecular weight excluding hydrogens is 428 g/mol. The Labute approximate surface area is 203 Å². The van der Waals surface area contributed by atoms with Crippen molar-refractivity contribution in [1.29, 1.82) is 0 Å². The molecule has 0 saturated heterocycles. The second-order valence-electron chi connectivity index (χ2n) is 10.0. The first kappa shape index (κ1) is 25.8. The van der Waals surface area contributed by atoms with Crippen LogP contribution < -0.4 is 9.64 Å². The lowest BCUT2D eigenvalue weighted by atomic mass is 9.93. The Morgan fingerprint density at radius 3 is 2.26 bits per heavy atom. The summed E-state index contributed by atoms with van der Waals surface area (Å²) in [6.45, 7) is 8.19. The Morgan fingerprint density at radius 2 is 1.68 bits per heavy atom. The molecule has 0 radical (unpaired) electrons.